The van der Waals surface area contributed by atoms with Gasteiger partial charge >= 0.3 is 0 Å². The molecular formula is C15H21BrN2O2. The summed E-state index contributed by atoms with van der Waals surface area (Å²) in [4.78, 5) is 14.6. The number of hydrogen-bond donors (Lipinski definition) is 1. The Kier molecular flexibility index (Phi) is 5.57. The summed E-state index contributed by atoms with van der Waals surface area (Å²) in [5, 5.41) is 3.08. The number of amides is 1. The third-order valence-corrected chi connectivity index (χ3v) is 4.51. The van der Waals surface area contributed by atoms with Gasteiger partial charge in [0.1, 0.15) is 0 Å². The highest BCUT2D eigenvalue weighted by Gasteiger charge is 2.23. The molecule has 0 saturated carbocycles. The summed E-state index contributed by atoms with van der Waals surface area (Å²) in [7, 11) is 0. The number of rotatable bonds is 4. The number of hydrogen-bond acceptors (Lipinski definition) is 3. The van der Waals surface area contributed by atoms with Crippen LogP contribution in [0.15, 0.2) is 28.7 Å². The minimum Gasteiger partial charge on any atom is -0.379 e. The molecule has 1 N–H and O–H groups in total. The minimum absolute atomic E-state index is 0.0370. The molecule has 1 aliphatic rings. The van der Waals surface area contributed by atoms with E-state index in [1.54, 1.807) is 0 Å². The second-order valence-corrected chi connectivity index (χ2v) is 5.99. The van der Waals surface area contributed by atoms with Crippen LogP contribution >= 0.6 is 15.9 Å². The lowest BCUT2D eigenvalue weighted by Crippen LogP contribution is -2.52. The number of carbonyl (C=O) groups excluding carboxylic acids is 1. The van der Waals surface area contributed by atoms with Crippen LogP contribution in [0.2, 0.25) is 0 Å². The normalized spacial score (nSPS) is 19.4. The van der Waals surface area contributed by atoms with Crippen molar-refractivity contribution in [1.82, 2.24) is 10.2 Å². The summed E-state index contributed by atoms with van der Waals surface area (Å²) in [6, 6.07) is 7.87. The van der Waals surface area contributed by atoms with Crippen molar-refractivity contribution in [3.05, 3.63) is 34.3 Å². The van der Waals surface area contributed by atoms with Gasteiger partial charge in [0.2, 0.25) is 0 Å². The van der Waals surface area contributed by atoms with Crippen LogP contribution in [0.5, 0.6) is 0 Å². The van der Waals surface area contributed by atoms with E-state index in [4.69, 9.17) is 4.74 Å². The molecule has 1 heterocycles. The Labute approximate surface area is 128 Å². The molecule has 0 spiro atoms. The molecule has 0 unspecified atom stereocenters. The van der Waals surface area contributed by atoms with Gasteiger partial charge in [-0.25, -0.2) is 0 Å². The van der Waals surface area contributed by atoms with Gasteiger partial charge in [0.15, 0.2) is 0 Å². The van der Waals surface area contributed by atoms with E-state index in [0.717, 1.165) is 30.8 Å². The maximum Gasteiger partial charge on any atom is 0.252 e. The predicted octanol–water partition coefficient (Wildman–Crippen LogP) is 2.29. The molecule has 0 aromatic heterocycles. The van der Waals surface area contributed by atoms with E-state index >= 15 is 0 Å². The van der Waals surface area contributed by atoms with Gasteiger partial charge in [0, 0.05) is 29.6 Å². The van der Waals surface area contributed by atoms with E-state index in [-0.39, 0.29) is 11.9 Å². The van der Waals surface area contributed by atoms with Gasteiger partial charge in [-0.1, -0.05) is 12.1 Å². The summed E-state index contributed by atoms with van der Waals surface area (Å²) in [5.41, 5.74) is 0.675. The van der Waals surface area contributed by atoms with Gasteiger partial charge in [-0.3, -0.25) is 9.69 Å². The van der Waals surface area contributed by atoms with Crippen LogP contribution in [0.25, 0.3) is 0 Å². The number of benzene rings is 1. The molecule has 0 aliphatic carbocycles. The Morgan fingerprint density at radius 3 is 2.60 bits per heavy atom. The largest absolute Gasteiger partial charge is 0.379 e. The van der Waals surface area contributed by atoms with Crippen LogP contribution in [-0.4, -0.2) is 49.2 Å². The monoisotopic (exact) mass is 340 g/mol. The lowest BCUT2D eigenvalue weighted by molar-refractivity contribution is 0.0137. The number of ether oxygens (including phenoxy) is 1. The molecule has 0 bridgehead atoms. The zero-order chi connectivity index (χ0) is 14.5. The Balaban J connectivity index is 1.95. The van der Waals surface area contributed by atoms with Gasteiger partial charge in [-0.05, 0) is 41.9 Å². The number of nitrogens with one attached hydrogen (secondary N) is 1. The van der Waals surface area contributed by atoms with E-state index in [2.05, 4.69) is 40.0 Å². The molecule has 1 aliphatic heterocycles. The van der Waals surface area contributed by atoms with Gasteiger partial charge in [0.25, 0.3) is 5.91 Å². The van der Waals surface area contributed by atoms with E-state index in [1.165, 1.54) is 0 Å². The summed E-state index contributed by atoms with van der Waals surface area (Å²) in [5.74, 6) is -0.0370. The quantitative estimate of drug-likeness (QED) is 0.914. The maximum absolute atomic E-state index is 12.3. The first-order chi connectivity index (χ1) is 9.59. The van der Waals surface area contributed by atoms with Crippen molar-refractivity contribution in [2.45, 2.75) is 25.9 Å². The van der Waals surface area contributed by atoms with Gasteiger partial charge in [0.05, 0.1) is 18.8 Å². The molecule has 1 aromatic carbocycles. The first-order valence-corrected chi connectivity index (χ1v) is 7.76. The average molecular weight is 341 g/mol. The molecule has 1 amide bonds. The number of halogens is 1. The van der Waals surface area contributed by atoms with Crippen molar-refractivity contribution in [3.8, 4) is 0 Å². The summed E-state index contributed by atoms with van der Waals surface area (Å²) in [6.45, 7) is 7.60. The number of morpholine rings is 1. The smallest absolute Gasteiger partial charge is 0.252 e. The highest BCUT2D eigenvalue weighted by Crippen LogP contribution is 2.16. The minimum atomic E-state index is -0.0370. The fourth-order valence-electron chi connectivity index (χ4n) is 2.35. The second-order valence-electron chi connectivity index (χ2n) is 5.13. The molecule has 110 valence electrons. The Morgan fingerprint density at radius 2 is 1.95 bits per heavy atom. The summed E-state index contributed by atoms with van der Waals surface area (Å²) >= 11 is 3.41. The fraction of sp³-hybridized carbons (Fsp3) is 0.533. The summed E-state index contributed by atoms with van der Waals surface area (Å²) in [6.07, 6.45) is 0. The number of nitrogens with zero attached hydrogens (tertiary/aromatic N) is 1. The highest BCUT2D eigenvalue weighted by atomic mass is 79.9. The van der Waals surface area contributed by atoms with Crippen LogP contribution in [0, 0.1) is 0 Å². The van der Waals surface area contributed by atoms with E-state index in [9.17, 15) is 4.79 Å². The molecule has 2 atom stereocenters. The molecule has 5 heteroatoms. The first kappa shape index (κ1) is 15.5. The fourth-order valence-corrected chi connectivity index (χ4v) is 2.82. The van der Waals surface area contributed by atoms with Gasteiger partial charge < -0.3 is 10.1 Å². The molecule has 2 rings (SSSR count). The van der Waals surface area contributed by atoms with E-state index in [1.807, 2.05) is 24.3 Å². The Morgan fingerprint density at radius 1 is 1.30 bits per heavy atom. The summed E-state index contributed by atoms with van der Waals surface area (Å²) < 4.78 is 6.18. The first-order valence-electron chi connectivity index (χ1n) is 6.97. The standard InChI is InChI=1S/C15H21BrN2O2/c1-11(12(2)18-7-9-20-10-8-18)17-15(19)13-5-3-4-6-14(13)16/h3-6,11-12H,7-10H2,1-2H3,(H,17,19)/t11-,12+/m0/s1. The van der Waals surface area contributed by atoms with Crippen LogP contribution in [0.3, 0.4) is 0 Å². The lowest BCUT2D eigenvalue weighted by Gasteiger charge is -2.35. The third-order valence-electron chi connectivity index (χ3n) is 3.82. The zero-order valence-corrected chi connectivity index (χ0v) is 13.5. The lowest BCUT2D eigenvalue weighted by atomic mass is 10.1. The maximum atomic E-state index is 12.3. The van der Waals surface area contributed by atoms with Gasteiger partial charge in [-0.2, -0.15) is 0 Å². The van der Waals surface area contributed by atoms with Crippen molar-refractivity contribution >= 4 is 21.8 Å². The van der Waals surface area contributed by atoms with Crippen LogP contribution < -0.4 is 5.32 Å². The van der Waals surface area contributed by atoms with Crippen molar-refractivity contribution < 1.29 is 9.53 Å². The molecule has 0 radical (unpaired) electrons. The van der Waals surface area contributed by atoms with Crippen molar-refractivity contribution in [3.63, 3.8) is 0 Å². The van der Waals surface area contributed by atoms with Crippen LogP contribution in [0.4, 0.5) is 0 Å². The topological polar surface area (TPSA) is 41.6 Å². The number of carbonyl (C=O) groups is 1. The predicted molar refractivity (Wildman–Crippen MR) is 82.9 cm³/mol. The van der Waals surface area contributed by atoms with E-state index < -0.39 is 0 Å². The Hall–Kier alpha value is -0.910. The van der Waals surface area contributed by atoms with Crippen molar-refractivity contribution in [2.24, 2.45) is 0 Å². The second kappa shape index (κ2) is 7.20. The van der Waals surface area contributed by atoms with E-state index in [0.29, 0.717) is 11.6 Å². The zero-order valence-electron chi connectivity index (χ0n) is 11.9. The van der Waals surface area contributed by atoms with Gasteiger partial charge in [-0.15, -0.1) is 0 Å². The average Bonchev–Trinajstić information content (AvgIpc) is 2.47. The SMILES string of the molecule is C[C@H](NC(=O)c1ccccc1Br)[C@@H](C)N1CCOCC1. The highest BCUT2D eigenvalue weighted by molar-refractivity contribution is 9.10. The molecule has 1 aromatic rings. The molecule has 20 heavy (non-hydrogen) atoms. The van der Waals surface area contributed by atoms with Crippen molar-refractivity contribution in [2.75, 3.05) is 26.3 Å². The van der Waals surface area contributed by atoms with Crippen LogP contribution in [-0.2, 0) is 4.74 Å². The molecule has 1 fully saturated rings. The molecule has 4 nitrogen and oxygen atoms in total. The molecule has 1 saturated heterocycles. The Bertz CT molecular complexity index is 461. The van der Waals surface area contributed by atoms with Crippen molar-refractivity contribution in [1.29, 1.82) is 0 Å². The van der Waals surface area contributed by atoms with Crippen LogP contribution in [0.1, 0.15) is 24.2 Å². The third kappa shape index (κ3) is 3.81. The molecular weight excluding hydrogens is 320 g/mol.